The van der Waals surface area contributed by atoms with E-state index in [1.165, 1.54) is 0 Å². The third-order valence-electron chi connectivity index (χ3n) is 5.58. The largest absolute Gasteiger partial charge is 0.497 e. The molecule has 146 valence electrons. The van der Waals surface area contributed by atoms with Crippen LogP contribution in [-0.2, 0) is 0 Å². The van der Waals surface area contributed by atoms with E-state index in [2.05, 4.69) is 10.3 Å². The molecule has 1 fully saturated rings. The highest BCUT2D eigenvalue weighted by molar-refractivity contribution is 5.75. The molecule has 0 unspecified atom stereocenters. The fourth-order valence-corrected chi connectivity index (χ4v) is 4.07. The first-order chi connectivity index (χ1) is 14.3. The van der Waals surface area contributed by atoms with Gasteiger partial charge in [-0.1, -0.05) is 24.3 Å². The third kappa shape index (κ3) is 3.02. The van der Waals surface area contributed by atoms with Crippen LogP contribution in [-0.4, -0.2) is 34.3 Å². The zero-order valence-corrected chi connectivity index (χ0v) is 16.2. The van der Waals surface area contributed by atoms with Crippen molar-refractivity contribution in [3.63, 3.8) is 0 Å². The first kappa shape index (κ1) is 17.7. The molecule has 2 aromatic heterocycles. The summed E-state index contributed by atoms with van der Waals surface area (Å²) in [5.41, 5.74) is 4.57. The maximum Gasteiger partial charge on any atom is 0.335 e. The van der Waals surface area contributed by atoms with E-state index in [9.17, 15) is 4.79 Å². The minimum atomic E-state index is -0.0374. The Morgan fingerprint density at radius 1 is 1.03 bits per heavy atom. The molecule has 0 radical (unpaired) electrons. The van der Waals surface area contributed by atoms with Crippen LogP contribution in [0.3, 0.4) is 0 Å². The van der Waals surface area contributed by atoms with Crippen LogP contribution in [0.25, 0.3) is 28.0 Å². The number of ether oxygens (including phenoxy) is 1. The zero-order valence-electron chi connectivity index (χ0n) is 16.2. The number of nitrogens with zero attached hydrogens (tertiary/aromatic N) is 3. The van der Waals surface area contributed by atoms with Crippen LogP contribution in [0.2, 0.25) is 0 Å². The smallest absolute Gasteiger partial charge is 0.335 e. The van der Waals surface area contributed by atoms with Crippen LogP contribution in [0.4, 0.5) is 0 Å². The van der Waals surface area contributed by atoms with Gasteiger partial charge in [0.15, 0.2) is 5.65 Å². The molecule has 5 rings (SSSR count). The third-order valence-corrected chi connectivity index (χ3v) is 5.58. The first-order valence-electron chi connectivity index (χ1n) is 9.80. The van der Waals surface area contributed by atoms with Crippen LogP contribution in [0.5, 0.6) is 5.75 Å². The molecule has 1 atom stereocenters. The molecule has 2 aromatic carbocycles. The maximum atomic E-state index is 13.3. The summed E-state index contributed by atoms with van der Waals surface area (Å²) in [5.74, 6) is 0.832. The normalized spacial score (nSPS) is 16.4. The molecule has 0 spiro atoms. The lowest BCUT2D eigenvalue weighted by Crippen LogP contribution is -2.28. The van der Waals surface area contributed by atoms with Crippen molar-refractivity contribution in [1.29, 1.82) is 0 Å². The summed E-state index contributed by atoms with van der Waals surface area (Å²) in [7, 11) is 1.66. The Bertz CT molecular complexity index is 1200. The van der Waals surface area contributed by atoms with Crippen molar-refractivity contribution in [3.05, 3.63) is 77.3 Å². The molecule has 0 amide bonds. The van der Waals surface area contributed by atoms with Gasteiger partial charge in [-0.15, -0.1) is 0 Å². The van der Waals surface area contributed by atoms with E-state index >= 15 is 0 Å². The first-order valence-corrected chi connectivity index (χ1v) is 9.80. The van der Waals surface area contributed by atoms with Crippen molar-refractivity contribution in [2.45, 2.75) is 12.5 Å². The lowest BCUT2D eigenvalue weighted by molar-refractivity contribution is 0.415. The van der Waals surface area contributed by atoms with Crippen molar-refractivity contribution in [1.82, 2.24) is 19.4 Å². The lowest BCUT2D eigenvalue weighted by atomic mass is 10.1. The van der Waals surface area contributed by atoms with Crippen molar-refractivity contribution >= 4 is 11.2 Å². The Balaban J connectivity index is 1.59. The zero-order chi connectivity index (χ0) is 19.8. The average molecular weight is 386 g/mol. The molecular weight excluding hydrogens is 364 g/mol. The summed E-state index contributed by atoms with van der Waals surface area (Å²) in [4.78, 5) is 17.9. The van der Waals surface area contributed by atoms with Crippen LogP contribution in [0, 0.1) is 0 Å². The molecule has 29 heavy (non-hydrogen) atoms. The van der Waals surface area contributed by atoms with Crippen LogP contribution >= 0.6 is 0 Å². The molecule has 6 nitrogen and oxygen atoms in total. The number of pyridine rings is 1. The van der Waals surface area contributed by atoms with Gasteiger partial charge in [0.2, 0.25) is 0 Å². The second-order valence-electron chi connectivity index (χ2n) is 7.26. The molecule has 4 aromatic rings. The second kappa shape index (κ2) is 7.22. The van der Waals surface area contributed by atoms with Gasteiger partial charge in [-0.2, -0.15) is 0 Å². The number of benzene rings is 2. The highest BCUT2D eigenvalue weighted by Gasteiger charge is 2.24. The fraction of sp³-hybridized carbons (Fsp3) is 0.217. The predicted octanol–water partition coefficient (Wildman–Crippen LogP) is 3.40. The van der Waals surface area contributed by atoms with E-state index in [4.69, 9.17) is 4.74 Å². The highest BCUT2D eigenvalue weighted by Crippen LogP contribution is 2.25. The predicted molar refractivity (Wildman–Crippen MR) is 114 cm³/mol. The number of hydrogen-bond donors (Lipinski definition) is 1. The quantitative estimate of drug-likeness (QED) is 0.584. The Hall–Kier alpha value is -3.38. The summed E-state index contributed by atoms with van der Waals surface area (Å²) < 4.78 is 8.83. The molecule has 0 aliphatic carbocycles. The SMILES string of the molecule is COc1ccc(-c2ccc(-n3c(=O)n([C@H]4CCNC4)c4ncccc43)cc2)cc1. The van der Waals surface area contributed by atoms with Crippen LogP contribution in [0.15, 0.2) is 71.7 Å². The number of imidazole rings is 1. The minimum absolute atomic E-state index is 0.0374. The Labute approximate surface area is 168 Å². The highest BCUT2D eigenvalue weighted by atomic mass is 16.5. The molecule has 0 bridgehead atoms. The lowest BCUT2D eigenvalue weighted by Gasteiger charge is -2.09. The van der Waals surface area contributed by atoms with Crippen molar-refractivity contribution in [2.24, 2.45) is 0 Å². The fourth-order valence-electron chi connectivity index (χ4n) is 4.07. The average Bonchev–Trinajstić information content (AvgIpc) is 3.39. The van der Waals surface area contributed by atoms with Gasteiger partial charge in [0, 0.05) is 12.7 Å². The van der Waals surface area contributed by atoms with E-state index in [-0.39, 0.29) is 11.7 Å². The summed E-state index contributed by atoms with van der Waals surface area (Å²) >= 11 is 0. The number of rotatable bonds is 4. The van der Waals surface area contributed by atoms with Crippen molar-refractivity contribution < 1.29 is 4.74 Å². The molecule has 6 heteroatoms. The summed E-state index contributed by atoms with van der Waals surface area (Å²) in [6.07, 6.45) is 2.68. The molecule has 1 aliphatic heterocycles. The second-order valence-corrected chi connectivity index (χ2v) is 7.26. The molecule has 0 saturated carbocycles. The van der Waals surface area contributed by atoms with Gasteiger partial charge in [0.05, 0.1) is 24.4 Å². The van der Waals surface area contributed by atoms with Gasteiger partial charge in [0.25, 0.3) is 0 Å². The molecule has 1 N–H and O–H groups in total. The van der Waals surface area contributed by atoms with Gasteiger partial charge in [-0.05, 0) is 60.5 Å². The van der Waals surface area contributed by atoms with Gasteiger partial charge in [0.1, 0.15) is 5.75 Å². The standard InChI is InChI=1S/C23H22N4O2/c1-29-20-10-6-17(7-11-20)16-4-8-18(9-5-16)26-21-3-2-13-25-22(21)27(23(26)28)19-12-14-24-15-19/h2-11,13,19,24H,12,14-15H2,1H3/t19-/m0/s1. The Morgan fingerprint density at radius 3 is 2.41 bits per heavy atom. The van der Waals surface area contributed by atoms with E-state index in [1.807, 2.05) is 65.2 Å². The van der Waals surface area contributed by atoms with E-state index < -0.39 is 0 Å². The number of methoxy groups -OCH3 is 1. The molecule has 3 heterocycles. The van der Waals surface area contributed by atoms with Gasteiger partial charge >= 0.3 is 5.69 Å². The van der Waals surface area contributed by atoms with Gasteiger partial charge in [-0.25, -0.2) is 9.78 Å². The maximum absolute atomic E-state index is 13.3. The van der Waals surface area contributed by atoms with E-state index in [0.29, 0.717) is 0 Å². The number of aromatic nitrogens is 3. The topological polar surface area (TPSA) is 61.1 Å². The molecule has 1 saturated heterocycles. The van der Waals surface area contributed by atoms with E-state index in [1.54, 1.807) is 17.9 Å². The van der Waals surface area contributed by atoms with Gasteiger partial charge < -0.3 is 10.1 Å². The summed E-state index contributed by atoms with van der Waals surface area (Å²) in [6.45, 7) is 1.72. The van der Waals surface area contributed by atoms with Gasteiger partial charge in [-0.3, -0.25) is 9.13 Å². The van der Waals surface area contributed by atoms with E-state index in [0.717, 1.165) is 53.2 Å². The molecular formula is C23H22N4O2. The minimum Gasteiger partial charge on any atom is -0.497 e. The summed E-state index contributed by atoms with van der Waals surface area (Å²) in [5, 5.41) is 3.34. The Kier molecular flexibility index (Phi) is 4.41. The van der Waals surface area contributed by atoms with Crippen molar-refractivity contribution in [3.8, 4) is 22.6 Å². The van der Waals surface area contributed by atoms with Crippen LogP contribution in [0.1, 0.15) is 12.5 Å². The monoisotopic (exact) mass is 386 g/mol. The number of hydrogen-bond acceptors (Lipinski definition) is 4. The summed E-state index contributed by atoms with van der Waals surface area (Å²) in [6, 6.07) is 20.0. The van der Waals surface area contributed by atoms with Crippen LogP contribution < -0.4 is 15.7 Å². The number of fused-ring (bicyclic) bond motifs is 1. The Morgan fingerprint density at radius 2 is 1.76 bits per heavy atom. The molecule has 1 aliphatic rings. The number of nitrogens with one attached hydrogen (secondary N) is 1. The van der Waals surface area contributed by atoms with Crippen molar-refractivity contribution in [2.75, 3.05) is 20.2 Å².